The van der Waals surface area contributed by atoms with Crippen LogP contribution in [0.4, 0.5) is 105 Å². The molecule has 0 N–H and O–H groups in total. The number of nitrogens with zero attached hydrogens (tertiary/aromatic N) is 1. The molecule has 0 radical (unpaired) electrons. The molecule has 0 rings (SSSR count). The number of hydrogen-bond donors (Lipinski definition) is 0. The number of rotatable bonds is 18. The van der Waals surface area contributed by atoms with Crippen LogP contribution in [-0.2, 0) is 0 Å². The summed E-state index contributed by atoms with van der Waals surface area (Å²) in [7, 11) is 0.588. The maximum Gasteiger partial charge on any atom is 0.384 e. The van der Waals surface area contributed by atoms with Crippen molar-refractivity contribution in [2.75, 3.05) is 20.1 Å². The fourth-order valence-electron chi connectivity index (χ4n) is 3.11. The van der Waals surface area contributed by atoms with E-state index >= 15 is 0 Å². The molecule has 266 valence electrons. The largest absolute Gasteiger partial charge is 0.384 e. The van der Waals surface area contributed by atoms with Crippen molar-refractivity contribution >= 4 is 0 Å². The minimum atomic E-state index is -7.83. The van der Waals surface area contributed by atoms with Crippen molar-refractivity contribution in [2.45, 2.75) is 97.8 Å². The molecule has 0 aromatic rings. The molecule has 0 heterocycles. The molecule has 25 heteroatoms. The van der Waals surface area contributed by atoms with E-state index in [4.69, 9.17) is 0 Å². The summed E-state index contributed by atoms with van der Waals surface area (Å²) in [5, 5.41) is 0. The quantitative estimate of drug-likeness (QED) is 0.128. The zero-order valence-corrected chi connectivity index (χ0v) is 20.9. The Hall–Kier alpha value is -1.72. The second-order valence-corrected chi connectivity index (χ2v) is 9.21. The molecule has 0 aromatic heterocycles. The average Bonchev–Trinajstić information content (AvgIpc) is 2.82. The second kappa shape index (κ2) is 12.5. The summed E-state index contributed by atoms with van der Waals surface area (Å²) >= 11 is 0. The molecule has 1 nitrogen and oxygen atoms in total. The molecule has 0 aliphatic carbocycles. The van der Waals surface area contributed by atoms with Gasteiger partial charge in [0.2, 0.25) is 0 Å². The van der Waals surface area contributed by atoms with Gasteiger partial charge in [0, 0.05) is 12.8 Å². The lowest BCUT2D eigenvalue weighted by atomic mass is 9.92. The van der Waals surface area contributed by atoms with Gasteiger partial charge in [-0.25, -0.2) is 17.6 Å². The van der Waals surface area contributed by atoms with Gasteiger partial charge in [-0.05, 0) is 33.0 Å². The van der Waals surface area contributed by atoms with E-state index in [2.05, 4.69) is 0 Å². The maximum absolute atomic E-state index is 13.7. The van der Waals surface area contributed by atoms with E-state index in [1.54, 1.807) is 0 Å². The summed E-state index contributed by atoms with van der Waals surface area (Å²) in [6, 6.07) is 0. The molecule has 0 fully saturated rings. The van der Waals surface area contributed by atoms with E-state index < -0.39 is 111 Å². The Labute approximate surface area is 229 Å². The normalized spacial score (nSPS) is 16.1. The third kappa shape index (κ3) is 6.70. The van der Waals surface area contributed by atoms with Crippen molar-refractivity contribution in [3.63, 3.8) is 0 Å². The zero-order chi connectivity index (χ0) is 36.0. The highest BCUT2D eigenvalue weighted by Crippen LogP contribution is 2.60. The smallest absolute Gasteiger partial charge is 0.306 e. The van der Waals surface area contributed by atoms with E-state index in [1.165, 1.54) is 0 Å². The molecule has 0 spiro atoms. The monoisotopic (exact) mass is 715 g/mol. The first kappa shape index (κ1) is 42.3. The Bertz CT molecular complexity index is 866. The molecule has 0 aliphatic rings. The van der Waals surface area contributed by atoms with Gasteiger partial charge in [-0.15, -0.1) is 0 Å². The molecule has 0 aromatic carbocycles. The Morgan fingerprint density at radius 1 is 0.386 bits per heavy atom. The van der Waals surface area contributed by atoms with Crippen molar-refractivity contribution in [3.8, 4) is 0 Å². The summed E-state index contributed by atoms with van der Waals surface area (Å²) in [5.41, 5.74) is 0. The predicted molar refractivity (Wildman–Crippen MR) is 97.4 cm³/mol. The van der Waals surface area contributed by atoms with Gasteiger partial charge in [-0.3, -0.25) is 0 Å². The summed E-state index contributed by atoms with van der Waals surface area (Å²) in [6.07, 6.45) is -20.0. The van der Waals surface area contributed by atoms with Gasteiger partial charge in [-0.1, -0.05) is 0 Å². The van der Waals surface area contributed by atoms with Crippen LogP contribution >= 0.6 is 0 Å². The van der Waals surface area contributed by atoms with Crippen LogP contribution in [0, 0.1) is 0 Å². The molecule has 0 amide bonds. The first-order valence-electron chi connectivity index (χ1n) is 11.0. The molecule has 0 atom stereocenters. The van der Waals surface area contributed by atoms with Gasteiger partial charge < -0.3 is 4.90 Å². The van der Waals surface area contributed by atoms with Crippen LogP contribution < -0.4 is 0 Å². The van der Waals surface area contributed by atoms with Gasteiger partial charge in [0.15, 0.2) is 0 Å². The van der Waals surface area contributed by atoms with Crippen molar-refractivity contribution in [1.29, 1.82) is 0 Å². The first-order chi connectivity index (χ1) is 19.0. The topological polar surface area (TPSA) is 3.24 Å². The molecule has 0 unspecified atom stereocenters. The number of alkyl halides is 24. The molecule has 44 heavy (non-hydrogen) atoms. The maximum atomic E-state index is 13.7. The van der Waals surface area contributed by atoms with E-state index in [-0.39, 0.29) is 0 Å². The lowest BCUT2D eigenvalue weighted by Gasteiger charge is -2.39. The average molecular weight is 715 g/mol. The van der Waals surface area contributed by atoms with Crippen molar-refractivity contribution in [2.24, 2.45) is 0 Å². The fourth-order valence-corrected chi connectivity index (χ4v) is 3.11. The van der Waals surface area contributed by atoms with E-state index in [0.717, 1.165) is 0 Å². The lowest BCUT2D eigenvalue weighted by molar-refractivity contribution is -0.413. The van der Waals surface area contributed by atoms with Crippen LogP contribution in [0.1, 0.15) is 25.7 Å². The van der Waals surface area contributed by atoms with Crippen LogP contribution in [0.25, 0.3) is 0 Å². The van der Waals surface area contributed by atoms with Crippen molar-refractivity contribution in [3.05, 3.63) is 0 Å². The Balaban J connectivity index is 5.51. The van der Waals surface area contributed by atoms with Crippen LogP contribution in [0.2, 0.25) is 0 Å². The van der Waals surface area contributed by atoms with Gasteiger partial charge in [0.25, 0.3) is 0 Å². The summed E-state index contributed by atoms with van der Waals surface area (Å²) in [4.78, 5) is 0.345. The first-order valence-corrected chi connectivity index (χ1v) is 11.0. The Kier molecular flexibility index (Phi) is 12.0. The molecular weight excluding hydrogens is 698 g/mol. The standard InChI is InChI=1S/C19H17F24N/c1-44(6-2-4-10(24,25)14(32,33)18(40,41)16(36,37)12(28,29)8(20)21)7-3-5-11(26,27)15(34,35)19(42,43)17(38,39)13(30,31)9(22)23/h8-9H,2-7H2,1H3. The van der Waals surface area contributed by atoms with Gasteiger partial charge >= 0.3 is 72.1 Å². The minimum absolute atomic E-state index is 0.345. The van der Waals surface area contributed by atoms with Crippen LogP contribution in [0.3, 0.4) is 0 Å². The highest BCUT2D eigenvalue weighted by atomic mass is 19.4. The van der Waals surface area contributed by atoms with E-state index in [9.17, 15) is 105 Å². The SMILES string of the molecule is CN(CCCC(F)(F)C(F)(F)C(F)(F)C(F)(F)C(F)(F)C(F)F)CCCC(F)(F)C(F)(F)C(F)(F)C(F)(F)C(F)(F)C(F)F. The van der Waals surface area contributed by atoms with E-state index in [0.29, 0.717) is 11.9 Å². The second-order valence-electron chi connectivity index (χ2n) is 9.21. The number of halogens is 24. The molecular formula is C19H17F24N. The van der Waals surface area contributed by atoms with Crippen molar-refractivity contribution < 1.29 is 105 Å². The van der Waals surface area contributed by atoms with Crippen LogP contribution in [0.15, 0.2) is 0 Å². The third-order valence-corrected chi connectivity index (χ3v) is 5.94. The molecule has 0 saturated heterocycles. The summed E-state index contributed by atoms with van der Waals surface area (Å²) < 4.78 is 315. The minimum Gasteiger partial charge on any atom is -0.306 e. The predicted octanol–water partition coefficient (Wildman–Crippen LogP) is 9.36. The van der Waals surface area contributed by atoms with Crippen LogP contribution in [-0.4, -0.2) is 97.1 Å². The number of hydrogen-bond acceptors (Lipinski definition) is 1. The van der Waals surface area contributed by atoms with Gasteiger partial charge in [0.1, 0.15) is 0 Å². The van der Waals surface area contributed by atoms with E-state index in [1.807, 2.05) is 0 Å². The Morgan fingerprint density at radius 3 is 0.818 bits per heavy atom. The van der Waals surface area contributed by atoms with Gasteiger partial charge in [-0.2, -0.15) is 87.8 Å². The van der Waals surface area contributed by atoms with Crippen molar-refractivity contribution in [1.82, 2.24) is 4.90 Å². The zero-order valence-electron chi connectivity index (χ0n) is 20.9. The third-order valence-electron chi connectivity index (χ3n) is 5.94. The molecule has 0 bridgehead atoms. The van der Waals surface area contributed by atoms with Crippen LogP contribution in [0.5, 0.6) is 0 Å². The fraction of sp³-hybridized carbons (Fsp3) is 1.00. The lowest BCUT2D eigenvalue weighted by Crippen LogP contribution is -2.68. The Morgan fingerprint density at radius 2 is 0.614 bits per heavy atom. The highest BCUT2D eigenvalue weighted by molar-refractivity contribution is 5.10. The summed E-state index contributed by atoms with van der Waals surface area (Å²) in [6.45, 7) is -2.42. The molecule has 0 aliphatic heterocycles. The van der Waals surface area contributed by atoms with Gasteiger partial charge in [0.05, 0.1) is 0 Å². The highest BCUT2D eigenvalue weighted by Gasteiger charge is 2.88. The summed E-state index contributed by atoms with van der Waals surface area (Å²) in [5.74, 6) is -73.4. The molecule has 0 saturated carbocycles.